The van der Waals surface area contributed by atoms with Gasteiger partial charge >= 0.3 is 0 Å². The fourth-order valence-electron chi connectivity index (χ4n) is 2.66. The summed E-state index contributed by atoms with van der Waals surface area (Å²) in [5.74, 6) is 1.59. The Bertz CT molecular complexity index is 442. The lowest BCUT2D eigenvalue weighted by atomic mass is 9.89. The highest BCUT2D eigenvalue weighted by atomic mass is 32.1. The summed E-state index contributed by atoms with van der Waals surface area (Å²) in [5, 5.41) is 3.49. The standard InChI is InChI=1S/C15H22N2OS/c1-18-12-7-8-13(15(16)19)14(9-12)17-10-11-5-3-2-4-6-11/h7-9,11,17H,2-6,10H2,1H3,(H2,16,19). The highest BCUT2D eigenvalue weighted by molar-refractivity contribution is 7.80. The summed E-state index contributed by atoms with van der Waals surface area (Å²) >= 11 is 5.10. The van der Waals surface area contributed by atoms with E-state index in [1.54, 1.807) is 7.11 Å². The van der Waals surface area contributed by atoms with E-state index in [9.17, 15) is 0 Å². The molecular formula is C15H22N2OS. The number of hydrogen-bond donors (Lipinski definition) is 2. The Labute approximate surface area is 120 Å². The fourth-order valence-corrected chi connectivity index (χ4v) is 2.84. The van der Waals surface area contributed by atoms with Crippen LogP contribution >= 0.6 is 12.2 Å². The Morgan fingerprint density at radius 1 is 1.37 bits per heavy atom. The highest BCUT2D eigenvalue weighted by Gasteiger charge is 2.14. The third-order valence-electron chi connectivity index (χ3n) is 3.80. The molecule has 2 rings (SSSR count). The van der Waals surface area contributed by atoms with Gasteiger partial charge < -0.3 is 15.8 Å². The lowest BCUT2D eigenvalue weighted by Crippen LogP contribution is -2.19. The molecule has 0 saturated heterocycles. The molecule has 0 radical (unpaired) electrons. The van der Waals surface area contributed by atoms with Crippen molar-refractivity contribution in [1.82, 2.24) is 0 Å². The summed E-state index contributed by atoms with van der Waals surface area (Å²) in [4.78, 5) is 0.425. The maximum Gasteiger partial charge on any atom is 0.120 e. The molecule has 1 saturated carbocycles. The molecule has 0 aromatic heterocycles. The smallest absolute Gasteiger partial charge is 0.120 e. The molecule has 3 nitrogen and oxygen atoms in total. The molecule has 0 heterocycles. The molecule has 19 heavy (non-hydrogen) atoms. The Kier molecular flexibility index (Phi) is 5.02. The second-order valence-corrected chi connectivity index (χ2v) is 5.60. The van der Waals surface area contributed by atoms with Crippen molar-refractivity contribution in [2.75, 3.05) is 19.0 Å². The molecule has 4 heteroatoms. The highest BCUT2D eigenvalue weighted by Crippen LogP contribution is 2.26. The van der Waals surface area contributed by atoms with Gasteiger partial charge in [0.05, 0.1) is 7.11 Å². The number of rotatable bonds is 5. The van der Waals surface area contributed by atoms with Crippen LogP contribution in [-0.4, -0.2) is 18.6 Å². The fraction of sp³-hybridized carbons (Fsp3) is 0.533. The quantitative estimate of drug-likeness (QED) is 0.811. The van der Waals surface area contributed by atoms with Gasteiger partial charge in [0.15, 0.2) is 0 Å². The molecule has 1 aromatic carbocycles. The first-order chi connectivity index (χ1) is 9.20. The SMILES string of the molecule is COc1ccc(C(N)=S)c(NCC2CCCCC2)c1. The molecule has 0 spiro atoms. The van der Waals surface area contributed by atoms with E-state index >= 15 is 0 Å². The Hall–Kier alpha value is -1.29. The summed E-state index contributed by atoms with van der Waals surface area (Å²) in [6.45, 7) is 0.989. The van der Waals surface area contributed by atoms with Crippen LogP contribution in [0.1, 0.15) is 37.7 Å². The van der Waals surface area contributed by atoms with E-state index in [1.807, 2.05) is 18.2 Å². The van der Waals surface area contributed by atoms with Gasteiger partial charge in [-0.1, -0.05) is 31.5 Å². The van der Waals surface area contributed by atoms with Gasteiger partial charge in [0.1, 0.15) is 10.7 Å². The summed E-state index contributed by atoms with van der Waals surface area (Å²) in [6.07, 6.45) is 6.73. The lowest BCUT2D eigenvalue weighted by Gasteiger charge is -2.23. The number of nitrogens with one attached hydrogen (secondary N) is 1. The number of benzene rings is 1. The minimum Gasteiger partial charge on any atom is -0.497 e. The molecule has 0 unspecified atom stereocenters. The van der Waals surface area contributed by atoms with E-state index in [4.69, 9.17) is 22.7 Å². The molecule has 1 aliphatic rings. The van der Waals surface area contributed by atoms with Crippen LogP contribution in [0.3, 0.4) is 0 Å². The summed E-state index contributed by atoms with van der Waals surface area (Å²) in [6, 6.07) is 5.78. The van der Waals surface area contributed by atoms with Gasteiger partial charge in [0.2, 0.25) is 0 Å². The van der Waals surface area contributed by atoms with Gasteiger partial charge in [0, 0.05) is 23.9 Å². The maximum atomic E-state index is 5.77. The monoisotopic (exact) mass is 278 g/mol. The molecule has 0 amide bonds. The number of hydrogen-bond acceptors (Lipinski definition) is 3. The molecule has 0 atom stereocenters. The third kappa shape index (κ3) is 3.83. The zero-order valence-electron chi connectivity index (χ0n) is 11.4. The molecule has 1 fully saturated rings. The molecule has 1 aromatic rings. The second kappa shape index (κ2) is 6.75. The van der Waals surface area contributed by atoms with Crippen LogP contribution in [-0.2, 0) is 0 Å². The van der Waals surface area contributed by atoms with Crippen LogP contribution in [0.5, 0.6) is 5.75 Å². The van der Waals surface area contributed by atoms with Gasteiger partial charge in [-0.2, -0.15) is 0 Å². The van der Waals surface area contributed by atoms with Crippen molar-refractivity contribution in [3.8, 4) is 5.75 Å². The van der Waals surface area contributed by atoms with Gasteiger partial charge in [-0.3, -0.25) is 0 Å². The van der Waals surface area contributed by atoms with Crippen molar-refractivity contribution >= 4 is 22.9 Å². The van der Waals surface area contributed by atoms with Crippen molar-refractivity contribution in [3.05, 3.63) is 23.8 Å². The first-order valence-electron chi connectivity index (χ1n) is 6.92. The van der Waals surface area contributed by atoms with E-state index in [-0.39, 0.29) is 0 Å². The first-order valence-corrected chi connectivity index (χ1v) is 7.33. The molecule has 3 N–H and O–H groups in total. The molecule has 0 aliphatic heterocycles. The Morgan fingerprint density at radius 2 is 2.11 bits per heavy atom. The second-order valence-electron chi connectivity index (χ2n) is 5.16. The normalized spacial score (nSPS) is 16.1. The topological polar surface area (TPSA) is 47.3 Å². The average molecular weight is 278 g/mol. The molecule has 104 valence electrons. The van der Waals surface area contributed by atoms with Crippen LogP contribution in [0.25, 0.3) is 0 Å². The summed E-state index contributed by atoms with van der Waals surface area (Å²) in [5.41, 5.74) is 7.64. The van der Waals surface area contributed by atoms with E-state index in [0.29, 0.717) is 4.99 Å². The van der Waals surface area contributed by atoms with E-state index in [0.717, 1.165) is 29.5 Å². The Morgan fingerprint density at radius 3 is 2.74 bits per heavy atom. The summed E-state index contributed by atoms with van der Waals surface area (Å²) in [7, 11) is 1.67. The van der Waals surface area contributed by atoms with Gasteiger partial charge in [-0.25, -0.2) is 0 Å². The van der Waals surface area contributed by atoms with Crippen molar-refractivity contribution in [2.24, 2.45) is 11.7 Å². The van der Waals surface area contributed by atoms with Crippen molar-refractivity contribution in [3.63, 3.8) is 0 Å². The number of methoxy groups -OCH3 is 1. The molecule has 0 bridgehead atoms. The van der Waals surface area contributed by atoms with Crippen LogP contribution in [0, 0.1) is 5.92 Å². The van der Waals surface area contributed by atoms with Crippen molar-refractivity contribution < 1.29 is 4.74 Å². The lowest BCUT2D eigenvalue weighted by molar-refractivity contribution is 0.373. The van der Waals surface area contributed by atoms with Crippen molar-refractivity contribution in [1.29, 1.82) is 0 Å². The van der Waals surface area contributed by atoms with Gasteiger partial charge in [-0.05, 0) is 30.9 Å². The van der Waals surface area contributed by atoms with E-state index in [1.165, 1.54) is 32.1 Å². The maximum absolute atomic E-state index is 5.77. The summed E-state index contributed by atoms with van der Waals surface area (Å²) < 4.78 is 5.26. The largest absolute Gasteiger partial charge is 0.497 e. The zero-order valence-corrected chi connectivity index (χ0v) is 12.3. The van der Waals surface area contributed by atoms with Crippen LogP contribution in [0.15, 0.2) is 18.2 Å². The number of anilines is 1. The zero-order chi connectivity index (χ0) is 13.7. The van der Waals surface area contributed by atoms with Gasteiger partial charge in [-0.15, -0.1) is 0 Å². The van der Waals surface area contributed by atoms with E-state index < -0.39 is 0 Å². The van der Waals surface area contributed by atoms with Crippen LogP contribution in [0.2, 0.25) is 0 Å². The molecule has 1 aliphatic carbocycles. The number of nitrogens with two attached hydrogens (primary N) is 1. The Balaban J connectivity index is 2.06. The predicted octanol–water partition coefficient (Wildman–Crippen LogP) is 3.32. The predicted molar refractivity (Wildman–Crippen MR) is 83.9 cm³/mol. The minimum absolute atomic E-state index is 0.425. The molecular weight excluding hydrogens is 256 g/mol. The third-order valence-corrected chi connectivity index (χ3v) is 4.02. The van der Waals surface area contributed by atoms with Crippen LogP contribution in [0.4, 0.5) is 5.69 Å². The van der Waals surface area contributed by atoms with Crippen molar-refractivity contribution in [2.45, 2.75) is 32.1 Å². The van der Waals surface area contributed by atoms with Crippen LogP contribution < -0.4 is 15.8 Å². The first kappa shape index (κ1) is 14.1. The number of ether oxygens (including phenoxy) is 1. The van der Waals surface area contributed by atoms with E-state index in [2.05, 4.69) is 5.32 Å². The minimum atomic E-state index is 0.425. The van der Waals surface area contributed by atoms with Gasteiger partial charge in [0.25, 0.3) is 0 Å². The number of thiocarbonyl (C=S) groups is 1. The average Bonchev–Trinajstić information content (AvgIpc) is 2.45.